The lowest BCUT2D eigenvalue weighted by atomic mass is 9.98. The van der Waals surface area contributed by atoms with Crippen molar-refractivity contribution in [1.82, 2.24) is 14.9 Å². The van der Waals surface area contributed by atoms with Crippen LogP contribution in [0.4, 0.5) is 8.78 Å². The van der Waals surface area contributed by atoms with Gasteiger partial charge in [-0.05, 0) is 73.4 Å². The molecule has 4 nitrogen and oxygen atoms in total. The van der Waals surface area contributed by atoms with Crippen LogP contribution in [0.15, 0.2) is 42.7 Å². The van der Waals surface area contributed by atoms with Crippen LogP contribution in [-0.2, 0) is 0 Å². The van der Waals surface area contributed by atoms with Crippen molar-refractivity contribution in [2.24, 2.45) is 17.8 Å². The maximum absolute atomic E-state index is 14.4. The monoisotopic (exact) mass is 429 g/mol. The SMILES string of the molecule is CCC(NC(=O)c1ccc(Cl)cc1)[C@H]1[C@@H]2C[C@@H](n3cnc4ccc(F)c(F)c43)C[C@@H]21. The number of imidazole rings is 1. The highest BCUT2D eigenvalue weighted by atomic mass is 35.5. The third kappa shape index (κ3) is 3.18. The van der Waals surface area contributed by atoms with Crippen molar-refractivity contribution in [3.05, 3.63) is 64.9 Å². The topological polar surface area (TPSA) is 46.9 Å². The van der Waals surface area contributed by atoms with Crippen LogP contribution in [0.25, 0.3) is 11.0 Å². The highest BCUT2D eigenvalue weighted by Crippen LogP contribution is 2.62. The Balaban J connectivity index is 1.27. The van der Waals surface area contributed by atoms with Gasteiger partial charge in [0.2, 0.25) is 0 Å². The third-order valence-electron chi connectivity index (χ3n) is 6.83. The Bertz CT molecular complexity index is 1100. The number of hydrogen-bond acceptors (Lipinski definition) is 2. The van der Waals surface area contributed by atoms with E-state index in [2.05, 4.69) is 17.2 Å². The van der Waals surface area contributed by atoms with Crippen molar-refractivity contribution in [1.29, 1.82) is 0 Å². The summed E-state index contributed by atoms with van der Waals surface area (Å²) in [7, 11) is 0. The van der Waals surface area contributed by atoms with Crippen LogP contribution in [0, 0.1) is 29.4 Å². The van der Waals surface area contributed by atoms with Gasteiger partial charge in [0.05, 0.1) is 11.8 Å². The highest BCUT2D eigenvalue weighted by molar-refractivity contribution is 6.30. The molecule has 3 aromatic rings. The lowest BCUT2D eigenvalue weighted by molar-refractivity contribution is 0.0927. The molecule has 1 N–H and O–H groups in total. The molecule has 1 aromatic heterocycles. The zero-order valence-electron chi connectivity index (χ0n) is 16.5. The molecule has 2 aromatic carbocycles. The molecule has 0 radical (unpaired) electrons. The molecule has 2 aliphatic rings. The van der Waals surface area contributed by atoms with Crippen LogP contribution in [0.3, 0.4) is 0 Å². The second kappa shape index (κ2) is 7.34. The van der Waals surface area contributed by atoms with E-state index in [1.165, 1.54) is 6.07 Å². The Kier molecular flexibility index (Phi) is 4.77. The van der Waals surface area contributed by atoms with Gasteiger partial charge in [-0.15, -0.1) is 0 Å². The van der Waals surface area contributed by atoms with E-state index >= 15 is 0 Å². The van der Waals surface area contributed by atoms with Gasteiger partial charge in [-0.25, -0.2) is 13.8 Å². The van der Waals surface area contributed by atoms with Gasteiger partial charge in [-0.2, -0.15) is 0 Å². The first-order valence-electron chi connectivity index (χ1n) is 10.3. The van der Waals surface area contributed by atoms with Gasteiger partial charge in [-0.1, -0.05) is 18.5 Å². The average Bonchev–Trinajstić information content (AvgIpc) is 3.09. The van der Waals surface area contributed by atoms with Crippen LogP contribution in [-0.4, -0.2) is 21.5 Å². The minimum atomic E-state index is -0.846. The summed E-state index contributed by atoms with van der Waals surface area (Å²) in [6, 6.07) is 9.74. The summed E-state index contributed by atoms with van der Waals surface area (Å²) in [6.07, 6.45) is 4.26. The van der Waals surface area contributed by atoms with Crippen molar-refractivity contribution in [3.63, 3.8) is 0 Å². The molecule has 0 spiro atoms. The van der Waals surface area contributed by atoms with Crippen LogP contribution in [0.5, 0.6) is 0 Å². The Morgan fingerprint density at radius 3 is 2.57 bits per heavy atom. The number of benzene rings is 2. The first kappa shape index (κ1) is 19.5. The second-order valence-electron chi connectivity index (χ2n) is 8.41. The number of nitrogens with zero attached hydrogens (tertiary/aromatic N) is 2. The molecule has 1 unspecified atom stereocenters. The summed E-state index contributed by atoms with van der Waals surface area (Å²) >= 11 is 5.90. The van der Waals surface area contributed by atoms with Crippen LogP contribution < -0.4 is 5.32 Å². The van der Waals surface area contributed by atoms with Crippen molar-refractivity contribution < 1.29 is 13.6 Å². The number of hydrogen-bond donors (Lipinski definition) is 1. The summed E-state index contributed by atoms with van der Waals surface area (Å²) in [6.45, 7) is 2.08. The van der Waals surface area contributed by atoms with E-state index < -0.39 is 11.6 Å². The molecular formula is C23H22ClF2N3O. The average molecular weight is 430 g/mol. The summed E-state index contributed by atoms with van der Waals surface area (Å²) in [5.41, 5.74) is 1.33. The van der Waals surface area contributed by atoms with Gasteiger partial charge in [0, 0.05) is 22.7 Å². The summed E-state index contributed by atoms with van der Waals surface area (Å²) in [4.78, 5) is 16.8. The predicted molar refractivity (Wildman–Crippen MR) is 111 cm³/mol. The summed E-state index contributed by atoms with van der Waals surface area (Å²) in [5.74, 6) is -0.360. The molecule has 2 saturated carbocycles. The minimum absolute atomic E-state index is 0.0850. The van der Waals surface area contributed by atoms with Crippen LogP contribution >= 0.6 is 11.6 Å². The first-order valence-corrected chi connectivity index (χ1v) is 10.7. The Labute approximate surface area is 178 Å². The zero-order valence-corrected chi connectivity index (χ0v) is 17.2. The number of nitrogens with one attached hydrogen (secondary N) is 1. The molecule has 5 atom stereocenters. The Hall–Kier alpha value is -2.47. The number of fused-ring (bicyclic) bond motifs is 2. The van der Waals surface area contributed by atoms with E-state index in [4.69, 9.17) is 11.6 Å². The molecule has 2 aliphatic carbocycles. The molecule has 0 aliphatic heterocycles. The van der Waals surface area contributed by atoms with Crippen molar-refractivity contribution in [3.8, 4) is 0 Å². The standard InChI is InChI=1S/C23H22ClF2N3O/c1-2-18(28-23(30)12-3-5-13(24)6-4-12)20-15-9-14(10-16(15)20)29-11-27-19-8-7-17(25)21(26)22(19)29/h3-8,11,14-16,18,20H,2,9-10H2,1H3,(H,28,30)/t14-,15-,16+,18?,20+. The third-order valence-corrected chi connectivity index (χ3v) is 7.09. The van der Waals surface area contributed by atoms with Gasteiger partial charge >= 0.3 is 0 Å². The van der Waals surface area contributed by atoms with Gasteiger partial charge in [0.15, 0.2) is 11.6 Å². The van der Waals surface area contributed by atoms with Crippen molar-refractivity contribution in [2.75, 3.05) is 0 Å². The molecule has 1 amide bonds. The van der Waals surface area contributed by atoms with Crippen molar-refractivity contribution in [2.45, 2.75) is 38.3 Å². The lowest BCUT2D eigenvalue weighted by Gasteiger charge is -2.22. The lowest BCUT2D eigenvalue weighted by Crippen LogP contribution is -2.37. The first-order chi connectivity index (χ1) is 14.5. The number of halogens is 3. The van der Waals surface area contributed by atoms with Gasteiger partial charge in [0.1, 0.15) is 5.52 Å². The summed E-state index contributed by atoms with van der Waals surface area (Å²) < 4.78 is 29.9. The van der Waals surface area contributed by atoms with E-state index in [0.29, 0.717) is 33.9 Å². The minimum Gasteiger partial charge on any atom is -0.349 e. The maximum atomic E-state index is 14.4. The van der Waals surface area contributed by atoms with Gasteiger partial charge in [-0.3, -0.25) is 4.79 Å². The van der Waals surface area contributed by atoms with Crippen LogP contribution in [0.1, 0.15) is 42.6 Å². The molecule has 5 rings (SSSR count). The van der Waals surface area contributed by atoms with E-state index in [-0.39, 0.29) is 23.5 Å². The fourth-order valence-corrected chi connectivity index (χ4v) is 5.47. The van der Waals surface area contributed by atoms with Crippen molar-refractivity contribution >= 4 is 28.5 Å². The Morgan fingerprint density at radius 2 is 1.90 bits per heavy atom. The number of carbonyl (C=O) groups is 1. The predicted octanol–water partition coefficient (Wildman–Crippen LogP) is 5.37. The normalized spacial score (nSPS) is 25.9. The molecular weight excluding hydrogens is 408 g/mol. The molecule has 2 fully saturated rings. The number of rotatable bonds is 5. The Morgan fingerprint density at radius 1 is 1.20 bits per heavy atom. The maximum Gasteiger partial charge on any atom is 0.251 e. The van der Waals surface area contributed by atoms with E-state index in [1.807, 2.05) is 0 Å². The number of amides is 1. The van der Waals surface area contributed by atoms with E-state index in [1.54, 1.807) is 35.2 Å². The smallest absolute Gasteiger partial charge is 0.251 e. The fourth-order valence-electron chi connectivity index (χ4n) is 5.35. The second-order valence-corrected chi connectivity index (χ2v) is 8.84. The zero-order chi connectivity index (χ0) is 21.0. The molecule has 0 saturated heterocycles. The number of carbonyl (C=O) groups excluding carboxylic acids is 1. The quantitative estimate of drug-likeness (QED) is 0.592. The largest absolute Gasteiger partial charge is 0.349 e. The van der Waals surface area contributed by atoms with E-state index in [0.717, 1.165) is 25.3 Å². The van der Waals surface area contributed by atoms with E-state index in [9.17, 15) is 13.6 Å². The molecule has 30 heavy (non-hydrogen) atoms. The molecule has 7 heteroatoms. The molecule has 156 valence electrons. The van der Waals surface area contributed by atoms with Crippen LogP contribution in [0.2, 0.25) is 5.02 Å². The number of aromatic nitrogens is 2. The molecule has 0 bridgehead atoms. The summed E-state index contributed by atoms with van der Waals surface area (Å²) in [5, 5.41) is 3.78. The van der Waals surface area contributed by atoms with Gasteiger partial charge in [0.25, 0.3) is 5.91 Å². The fraction of sp³-hybridized carbons (Fsp3) is 0.391. The van der Waals surface area contributed by atoms with Gasteiger partial charge < -0.3 is 9.88 Å². The molecule has 1 heterocycles. The highest BCUT2D eigenvalue weighted by Gasteiger charge is 2.59.